The SMILES string of the molecule is CCOC(=O)[C@H]1CCCN(C(=O)[C@H]2CCc3nc(N(CC)CC)ncc3C2)C1. The zero-order valence-electron chi connectivity index (χ0n) is 17.3. The van der Waals surface area contributed by atoms with Gasteiger partial charge in [0, 0.05) is 44.0 Å². The minimum absolute atomic E-state index is 0.0450. The van der Waals surface area contributed by atoms with Crippen LogP contribution in [0.25, 0.3) is 0 Å². The van der Waals surface area contributed by atoms with Crippen molar-refractivity contribution in [2.75, 3.05) is 37.7 Å². The molecule has 2 aliphatic rings. The number of amides is 1. The van der Waals surface area contributed by atoms with Crippen LogP contribution in [0.3, 0.4) is 0 Å². The van der Waals surface area contributed by atoms with Crippen molar-refractivity contribution in [2.24, 2.45) is 11.8 Å². The van der Waals surface area contributed by atoms with Gasteiger partial charge >= 0.3 is 5.97 Å². The Morgan fingerprint density at radius 3 is 2.71 bits per heavy atom. The third-order valence-corrected chi connectivity index (χ3v) is 5.89. The van der Waals surface area contributed by atoms with Crippen LogP contribution in [0.2, 0.25) is 0 Å². The fourth-order valence-corrected chi connectivity index (χ4v) is 4.25. The molecule has 0 spiro atoms. The molecule has 2 heterocycles. The fourth-order valence-electron chi connectivity index (χ4n) is 4.25. The summed E-state index contributed by atoms with van der Waals surface area (Å²) >= 11 is 0. The van der Waals surface area contributed by atoms with Gasteiger partial charge in [0.25, 0.3) is 0 Å². The first-order valence-electron chi connectivity index (χ1n) is 10.6. The monoisotopic (exact) mass is 388 g/mol. The Labute approximate surface area is 167 Å². The Bertz CT molecular complexity index is 705. The van der Waals surface area contributed by atoms with Crippen LogP contribution in [-0.2, 0) is 27.2 Å². The Morgan fingerprint density at radius 1 is 1.21 bits per heavy atom. The molecule has 1 aromatic rings. The van der Waals surface area contributed by atoms with Crippen molar-refractivity contribution < 1.29 is 14.3 Å². The number of hydrogen-bond donors (Lipinski definition) is 0. The smallest absolute Gasteiger partial charge is 0.310 e. The molecule has 0 bridgehead atoms. The molecule has 1 saturated heterocycles. The molecule has 1 aliphatic heterocycles. The van der Waals surface area contributed by atoms with E-state index in [1.54, 1.807) is 0 Å². The summed E-state index contributed by atoms with van der Waals surface area (Å²) in [5.41, 5.74) is 2.16. The molecule has 7 nitrogen and oxygen atoms in total. The van der Waals surface area contributed by atoms with Gasteiger partial charge in [0.2, 0.25) is 11.9 Å². The second-order valence-corrected chi connectivity index (χ2v) is 7.63. The number of fused-ring (bicyclic) bond motifs is 1. The molecule has 0 unspecified atom stereocenters. The van der Waals surface area contributed by atoms with Gasteiger partial charge in [-0.15, -0.1) is 0 Å². The number of nitrogens with zero attached hydrogens (tertiary/aromatic N) is 4. The highest BCUT2D eigenvalue weighted by molar-refractivity contribution is 5.81. The summed E-state index contributed by atoms with van der Waals surface area (Å²) in [6, 6.07) is 0. The van der Waals surface area contributed by atoms with Crippen LogP contribution in [0.1, 0.15) is 51.3 Å². The van der Waals surface area contributed by atoms with Crippen molar-refractivity contribution in [3.63, 3.8) is 0 Å². The highest BCUT2D eigenvalue weighted by Crippen LogP contribution is 2.28. The number of anilines is 1. The number of aromatic nitrogens is 2. The molecule has 0 aromatic carbocycles. The molecule has 7 heteroatoms. The molecule has 3 rings (SSSR count). The number of piperidine rings is 1. The molecule has 2 atom stereocenters. The van der Waals surface area contributed by atoms with E-state index in [4.69, 9.17) is 9.72 Å². The van der Waals surface area contributed by atoms with Gasteiger partial charge in [0.1, 0.15) is 0 Å². The number of esters is 1. The zero-order chi connectivity index (χ0) is 20.1. The third-order valence-electron chi connectivity index (χ3n) is 5.89. The van der Waals surface area contributed by atoms with E-state index in [1.807, 2.05) is 18.0 Å². The second-order valence-electron chi connectivity index (χ2n) is 7.63. The number of rotatable bonds is 6. The van der Waals surface area contributed by atoms with Gasteiger partial charge in [-0.05, 0) is 58.4 Å². The van der Waals surface area contributed by atoms with E-state index < -0.39 is 0 Å². The van der Waals surface area contributed by atoms with Crippen molar-refractivity contribution in [1.29, 1.82) is 0 Å². The molecule has 1 aliphatic carbocycles. The summed E-state index contributed by atoms with van der Waals surface area (Å²) < 4.78 is 5.15. The summed E-state index contributed by atoms with van der Waals surface area (Å²) in [5.74, 6) is 0.533. The molecular weight excluding hydrogens is 356 g/mol. The quantitative estimate of drug-likeness (QED) is 0.696. The lowest BCUT2D eigenvalue weighted by Gasteiger charge is -2.35. The maximum atomic E-state index is 13.1. The molecular formula is C21H32N4O3. The number of hydrogen-bond acceptors (Lipinski definition) is 6. The molecule has 0 radical (unpaired) electrons. The molecule has 1 fully saturated rings. The highest BCUT2D eigenvalue weighted by atomic mass is 16.5. The van der Waals surface area contributed by atoms with Gasteiger partial charge in [0.15, 0.2) is 0 Å². The normalized spacial score (nSPS) is 21.8. The summed E-state index contributed by atoms with van der Waals surface area (Å²) in [6.45, 7) is 9.38. The number of aryl methyl sites for hydroxylation is 1. The van der Waals surface area contributed by atoms with Crippen LogP contribution < -0.4 is 4.90 Å². The lowest BCUT2D eigenvalue weighted by Crippen LogP contribution is -2.46. The number of likely N-dealkylation sites (tertiary alicyclic amines) is 1. The molecule has 0 saturated carbocycles. The lowest BCUT2D eigenvalue weighted by molar-refractivity contribution is -0.152. The minimum atomic E-state index is -0.187. The van der Waals surface area contributed by atoms with Gasteiger partial charge in [-0.3, -0.25) is 9.59 Å². The average Bonchev–Trinajstić information content (AvgIpc) is 2.74. The van der Waals surface area contributed by atoms with Crippen LogP contribution in [-0.4, -0.2) is 59.5 Å². The fraction of sp³-hybridized carbons (Fsp3) is 0.714. The van der Waals surface area contributed by atoms with Crippen molar-refractivity contribution in [2.45, 2.75) is 52.9 Å². The Kier molecular flexibility index (Phi) is 6.86. The molecule has 28 heavy (non-hydrogen) atoms. The second kappa shape index (κ2) is 9.34. The van der Waals surface area contributed by atoms with Gasteiger partial charge < -0.3 is 14.5 Å². The Balaban J connectivity index is 1.64. The standard InChI is InChI=1S/C21H32N4O3/c1-4-24(5-2)21-22-13-17-12-15(9-10-18(17)23-21)19(26)25-11-7-8-16(14-25)20(27)28-6-3/h13,15-16H,4-12,14H2,1-3H3/t15-,16-/m0/s1. The van der Waals surface area contributed by atoms with Gasteiger partial charge in [-0.2, -0.15) is 0 Å². The van der Waals surface area contributed by atoms with E-state index in [9.17, 15) is 9.59 Å². The summed E-state index contributed by atoms with van der Waals surface area (Å²) in [4.78, 5) is 38.4. The van der Waals surface area contributed by atoms with Gasteiger partial charge in [0.05, 0.1) is 12.5 Å². The van der Waals surface area contributed by atoms with Crippen molar-refractivity contribution >= 4 is 17.8 Å². The molecule has 1 amide bonds. The minimum Gasteiger partial charge on any atom is -0.466 e. The summed E-state index contributed by atoms with van der Waals surface area (Å²) in [5, 5.41) is 0. The van der Waals surface area contributed by atoms with Crippen LogP contribution in [0.5, 0.6) is 0 Å². The number of carbonyl (C=O) groups is 2. The predicted octanol–water partition coefficient (Wildman–Crippen LogP) is 2.23. The van der Waals surface area contributed by atoms with Crippen LogP contribution in [0.15, 0.2) is 6.20 Å². The van der Waals surface area contributed by atoms with E-state index in [2.05, 4.69) is 23.7 Å². The van der Waals surface area contributed by atoms with Gasteiger partial charge in [-0.25, -0.2) is 9.97 Å². The lowest BCUT2D eigenvalue weighted by atomic mass is 9.85. The Hall–Kier alpha value is -2.18. The maximum absolute atomic E-state index is 13.1. The largest absolute Gasteiger partial charge is 0.466 e. The first-order valence-corrected chi connectivity index (χ1v) is 10.6. The topological polar surface area (TPSA) is 75.6 Å². The average molecular weight is 389 g/mol. The van der Waals surface area contributed by atoms with E-state index in [1.165, 1.54) is 0 Å². The molecule has 154 valence electrons. The molecule has 1 aromatic heterocycles. The summed E-state index contributed by atoms with van der Waals surface area (Å²) in [7, 11) is 0. The zero-order valence-corrected chi connectivity index (χ0v) is 17.3. The van der Waals surface area contributed by atoms with Crippen molar-refractivity contribution in [1.82, 2.24) is 14.9 Å². The predicted molar refractivity (Wildman–Crippen MR) is 107 cm³/mol. The highest BCUT2D eigenvalue weighted by Gasteiger charge is 2.34. The van der Waals surface area contributed by atoms with Crippen molar-refractivity contribution in [3.05, 3.63) is 17.5 Å². The first kappa shape index (κ1) is 20.6. The molecule has 0 N–H and O–H groups in total. The van der Waals surface area contributed by atoms with Crippen LogP contribution in [0, 0.1) is 11.8 Å². The van der Waals surface area contributed by atoms with Crippen LogP contribution >= 0.6 is 0 Å². The third kappa shape index (κ3) is 4.45. The van der Waals surface area contributed by atoms with Gasteiger partial charge in [-0.1, -0.05) is 0 Å². The maximum Gasteiger partial charge on any atom is 0.310 e. The first-order chi connectivity index (χ1) is 13.6. The van der Waals surface area contributed by atoms with E-state index in [0.29, 0.717) is 19.6 Å². The Morgan fingerprint density at radius 2 is 2.00 bits per heavy atom. The number of ether oxygens (including phenoxy) is 1. The summed E-state index contributed by atoms with van der Waals surface area (Å²) in [6.07, 6.45) is 5.85. The van der Waals surface area contributed by atoms with Crippen LogP contribution in [0.4, 0.5) is 5.95 Å². The van der Waals surface area contributed by atoms with E-state index in [-0.39, 0.29) is 23.7 Å². The van der Waals surface area contributed by atoms with E-state index in [0.717, 1.165) is 62.5 Å². The van der Waals surface area contributed by atoms with Crippen molar-refractivity contribution in [3.8, 4) is 0 Å². The van der Waals surface area contributed by atoms with E-state index >= 15 is 0 Å². The number of carbonyl (C=O) groups excluding carboxylic acids is 2.